The summed E-state index contributed by atoms with van der Waals surface area (Å²) in [6.07, 6.45) is 0. The number of aromatic nitrogens is 3. The molecule has 2 heterocycles. The van der Waals surface area contributed by atoms with Crippen molar-refractivity contribution in [3.63, 3.8) is 0 Å². The molecule has 0 spiro atoms. The van der Waals surface area contributed by atoms with Gasteiger partial charge in [0.15, 0.2) is 11.6 Å². The monoisotopic (exact) mass is 357 g/mol. The summed E-state index contributed by atoms with van der Waals surface area (Å²) >= 11 is 1.15. The molecule has 0 amide bonds. The molecule has 0 bridgehead atoms. The van der Waals surface area contributed by atoms with Crippen molar-refractivity contribution in [3.05, 3.63) is 80.2 Å². The zero-order chi connectivity index (χ0) is 17.6. The number of hydrogen-bond donors (Lipinski definition) is 1. The van der Waals surface area contributed by atoms with E-state index in [2.05, 4.69) is 10.1 Å². The average molecular weight is 357 g/mol. The Morgan fingerprint density at radius 1 is 1.00 bits per heavy atom. The van der Waals surface area contributed by atoms with E-state index >= 15 is 0 Å². The molecule has 0 fully saturated rings. The van der Waals surface area contributed by atoms with Crippen LogP contribution >= 0.6 is 11.3 Å². The second-order valence-corrected chi connectivity index (χ2v) is 6.11. The maximum Gasteiger partial charge on any atom is 0.280 e. The number of nitrogens with one attached hydrogen (secondary N) is 1. The van der Waals surface area contributed by atoms with E-state index in [9.17, 15) is 18.4 Å². The van der Waals surface area contributed by atoms with Gasteiger partial charge in [-0.2, -0.15) is 4.68 Å². The standard InChI is InChI=1S/C17H9F2N3O2S/c18-12-6-10-11(7-13(12)19)16(24)22(21-15(10)23)17-20-14(8-25-17)9-4-2-1-3-5-9/h1-8H,(H,21,23). The van der Waals surface area contributed by atoms with Gasteiger partial charge in [-0.1, -0.05) is 30.3 Å². The molecule has 4 aromatic rings. The Bertz CT molecular complexity index is 1210. The predicted molar refractivity (Wildman–Crippen MR) is 91.2 cm³/mol. The smallest absolute Gasteiger partial charge is 0.267 e. The van der Waals surface area contributed by atoms with Crippen LogP contribution in [0.5, 0.6) is 0 Å². The lowest BCUT2D eigenvalue weighted by atomic mass is 10.2. The van der Waals surface area contributed by atoms with E-state index in [1.165, 1.54) is 0 Å². The van der Waals surface area contributed by atoms with Crippen molar-refractivity contribution in [2.24, 2.45) is 0 Å². The van der Waals surface area contributed by atoms with Crippen molar-refractivity contribution < 1.29 is 8.78 Å². The lowest BCUT2D eigenvalue weighted by Gasteiger charge is -2.04. The lowest BCUT2D eigenvalue weighted by Crippen LogP contribution is -2.28. The van der Waals surface area contributed by atoms with Crippen LogP contribution in [0.3, 0.4) is 0 Å². The molecule has 0 atom stereocenters. The average Bonchev–Trinajstić information content (AvgIpc) is 3.10. The minimum absolute atomic E-state index is 0.208. The fourth-order valence-electron chi connectivity index (χ4n) is 2.49. The third-order valence-corrected chi connectivity index (χ3v) is 4.53. The van der Waals surface area contributed by atoms with Crippen LogP contribution < -0.4 is 11.1 Å². The van der Waals surface area contributed by atoms with Crippen LogP contribution in [0.15, 0.2) is 57.4 Å². The maximum atomic E-state index is 13.5. The molecule has 0 unspecified atom stereocenters. The van der Waals surface area contributed by atoms with E-state index in [0.717, 1.165) is 27.6 Å². The highest BCUT2D eigenvalue weighted by atomic mass is 32.1. The topological polar surface area (TPSA) is 67.8 Å². The number of rotatable bonds is 2. The van der Waals surface area contributed by atoms with Gasteiger partial charge in [-0.3, -0.25) is 14.7 Å². The summed E-state index contributed by atoms with van der Waals surface area (Å²) in [6.45, 7) is 0. The largest absolute Gasteiger partial charge is 0.280 e. The highest BCUT2D eigenvalue weighted by Gasteiger charge is 2.15. The summed E-state index contributed by atoms with van der Waals surface area (Å²) in [5.41, 5.74) is 0.112. The Morgan fingerprint density at radius 2 is 1.68 bits per heavy atom. The van der Waals surface area contributed by atoms with Crippen LogP contribution in [-0.4, -0.2) is 14.8 Å². The van der Waals surface area contributed by atoms with E-state index in [0.29, 0.717) is 11.8 Å². The second kappa shape index (κ2) is 5.75. The van der Waals surface area contributed by atoms with E-state index in [4.69, 9.17) is 0 Å². The minimum Gasteiger partial charge on any atom is -0.267 e. The number of halogens is 2. The number of nitrogens with zero attached hydrogens (tertiary/aromatic N) is 2. The van der Waals surface area contributed by atoms with Gasteiger partial charge in [-0.25, -0.2) is 13.8 Å². The van der Waals surface area contributed by atoms with Crippen LogP contribution in [0.25, 0.3) is 27.2 Å². The molecule has 1 N–H and O–H groups in total. The Kier molecular flexibility index (Phi) is 3.54. The first-order valence-corrected chi connectivity index (χ1v) is 8.08. The third kappa shape index (κ3) is 2.56. The molecule has 5 nitrogen and oxygen atoms in total. The van der Waals surface area contributed by atoms with E-state index in [1.807, 2.05) is 30.3 Å². The van der Waals surface area contributed by atoms with Crippen LogP contribution in [0.1, 0.15) is 0 Å². The molecule has 0 saturated heterocycles. The van der Waals surface area contributed by atoms with Crippen molar-refractivity contribution in [3.8, 4) is 16.4 Å². The molecule has 2 aromatic carbocycles. The number of fused-ring (bicyclic) bond motifs is 1. The van der Waals surface area contributed by atoms with Gasteiger partial charge in [0.25, 0.3) is 11.1 Å². The van der Waals surface area contributed by atoms with Gasteiger partial charge in [0.2, 0.25) is 5.13 Å². The van der Waals surface area contributed by atoms with Crippen molar-refractivity contribution in [1.29, 1.82) is 0 Å². The summed E-state index contributed by atoms with van der Waals surface area (Å²) in [5, 5.41) is 3.91. The molecule has 0 aliphatic rings. The maximum absolute atomic E-state index is 13.5. The zero-order valence-electron chi connectivity index (χ0n) is 12.5. The van der Waals surface area contributed by atoms with Gasteiger partial charge in [0.1, 0.15) is 0 Å². The Labute approximate surface area is 142 Å². The third-order valence-electron chi connectivity index (χ3n) is 3.70. The normalized spacial score (nSPS) is 11.1. The van der Waals surface area contributed by atoms with Crippen molar-refractivity contribution >= 4 is 22.1 Å². The van der Waals surface area contributed by atoms with Gasteiger partial charge < -0.3 is 0 Å². The summed E-state index contributed by atoms with van der Waals surface area (Å²) in [7, 11) is 0. The first-order valence-electron chi connectivity index (χ1n) is 7.20. The molecule has 2 aromatic heterocycles. The second-order valence-electron chi connectivity index (χ2n) is 5.27. The molecule has 0 saturated carbocycles. The van der Waals surface area contributed by atoms with Crippen LogP contribution in [-0.2, 0) is 0 Å². The fourth-order valence-corrected chi connectivity index (χ4v) is 3.28. The summed E-state index contributed by atoms with van der Waals surface area (Å²) < 4.78 is 27.7. The Morgan fingerprint density at radius 3 is 2.40 bits per heavy atom. The minimum atomic E-state index is -1.19. The Hall–Kier alpha value is -3.13. The molecule has 0 aliphatic heterocycles. The van der Waals surface area contributed by atoms with Gasteiger partial charge in [0.05, 0.1) is 16.5 Å². The molecule has 0 radical (unpaired) electrons. The van der Waals surface area contributed by atoms with E-state index in [1.54, 1.807) is 5.38 Å². The van der Waals surface area contributed by atoms with Gasteiger partial charge in [-0.05, 0) is 12.1 Å². The molecule has 124 valence electrons. The Balaban J connectivity index is 1.92. The molecule has 4 rings (SSSR count). The highest BCUT2D eigenvalue weighted by Crippen LogP contribution is 2.23. The van der Waals surface area contributed by atoms with Gasteiger partial charge in [-0.15, -0.1) is 11.3 Å². The van der Waals surface area contributed by atoms with E-state index in [-0.39, 0.29) is 15.9 Å². The highest BCUT2D eigenvalue weighted by molar-refractivity contribution is 7.12. The molecule has 0 aliphatic carbocycles. The summed E-state index contributed by atoms with van der Waals surface area (Å²) in [5.74, 6) is -2.37. The predicted octanol–water partition coefficient (Wildman–Crippen LogP) is 3.08. The van der Waals surface area contributed by atoms with Crippen molar-refractivity contribution in [2.45, 2.75) is 0 Å². The fraction of sp³-hybridized carbons (Fsp3) is 0. The molecule has 25 heavy (non-hydrogen) atoms. The number of hydrogen-bond acceptors (Lipinski definition) is 4. The van der Waals surface area contributed by atoms with E-state index < -0.39 is 22.8 Å². The number of H-pyrrole nitrogens is 1. The van der Waals surface area contributed by atoms with Crippen LogP contribution in [0.4, 0.5) is 8.78 Å². The van der Waals surface area contributed by atoms with Crippen molar-refractivity contribution in [2.75, 3.05) is 0 Å². The number of thiazole rings is 1. The molecule has 8 heteroatoms. The van der Waals surface area contributed by atoms with Gasteiger partial charge in [0, 0.05) is 10.9 Å². The molecular formula is C17H9F2N3O2S. The molecular weight excluding hydrogens is 348 g/mol. The quantitative estimate of drug-likeness (QED) is 0.599. The number of benzene rings is 2. The summed E-state index contributed by atoms with van der Waals surface area (Å²) in [6, 6.07) is 10.8. The van der Waals surface area contributed by atoms with Crippen molar-refractivity contribution in [1.82, 2.24) is 14.8 Å². The first-order chi connectivity index (χ1) is 12.0. The van der Waals surface area contributed by atoms with Crippen LogP contribution in [0.2, 0.25) is 0 Å². The van der Waals surface area contributed by atoms with Crippen LogP contribution in [0, 0.1) is 11.6 Å². The zero-order valence-corrected chi connectivity index (χ0v) is 13.3. The SMILES string of the molecule is O=c1[nH]n(-c2nc(-c3ccccc3)cs2)c(=O)c2cc(F)c(F)cc12. The lowest BCUT2D eigenvalue weighted by molar-refractivity contribution is 0.510. The summed E-state index contributed by atoms with van der Waals surface area (Å²) in [4.78, 5) is 29.0. The number of aromatic amines is 1. The van der Waals surface area contributed by atoms with Gasteiger partial charge >= 0.3 is 0 Å². The first kappa shape index (κ1) is 15.4.